The number of nitrogens with one attached hydrogen (secondary N) is 1. The van der Waals surface area contributed by atoms with Crippen LogP contribution in [0, 0.1) is 18.6 Å². The molecule has 0 saturated carbocycles. The summed E-state index contributed by atoms with van der Waals surface area (Å²) in [5.74, 6) is -2.86. The number of furan rings is 1. The summed E-state index contributed by atoms with van der Waals surface area (Å²) in [4.78, 5) is 25.7. The molecule has 0 unspecified atom stereocenters. The van der Waals surface area contributed by atoms with E-state index in [0.29, 0.717) is 11.3 Å². The SMILES string of the molecule is Cc1[nH]c(=O)c(Br)c(OCc2ccc(F)cc2F)c1-c1ccc(C(=O)O)o1. The van der Waals surface area contributed by atoms with Gasteiger partial charge < -0.3 is 19.2 Å². The summed E-state index contributed by atoms with van der Waals surface area (Å²) in [6, 6.07) is 5.73. The van der Waals surface area contributed by atoms with Gasteiger partial charge in [0.1, 0.15) is 28.5 Å². The van der Waals surface area contributed by atoms with Crippen molar-refractivity contribution in [3.63, 3.8) is 0 Å². The largest absolute Gasteiger partial charge is 0.487 e. The van der Waals surface area contributed by atoms with Gasteiger partial charge in [-0.3, -0.25) is 4.79 Å². The Balaban J connectivity index is 2.05. The van der Waals surface area contributed by atoms with Gasteiger partial charge in [0.15, 0.2) is 5.75 Å². The number of benzene rings is 1. The molecule has 9 heteroatoms. The second kappa shape index (κ2) is 7.36. The van der Waals surface area contributed by atoms with Crippen LogP contribution in [0.15, 0.2) is 44.0 Å². The van der Waals surface area contributed by atoms with Crippen molar-refractivity contribution in [2.24, 2.45) is 0 Å². The molecule has 27 heavy (non-hydrogen) atoms. The summed E-state index contributed by atoms with van der Waals surface area (Å²) in [7, 11) is 0. The van der Waals surface area contributed by atoms with E-state index in [1.165, 1.54) is 18.2 Å². The Morgan fingerprint density at radius 3 is 2.67 bits per heavy atom. The van der Waals surface area contributed by atoms with E-state index in [-0.39, 0.29) is 33.9 Å². The van der Waals surface area contributed by atoms with Gasteiger partial charge in [-0.1, -0.05) is 0 Å². The fourth-order valence-corrected chi connectivity index (χ4v) is 2.89. The Hall–Kier alpha value is -2.94. The number of ether oxygens (including phenoxy) is 1. The molecule has 0 spiro atoms. The highest BCUT2D eigenvalue weighted by Crippen LogP contribution is 2.37. The first-order chi connectivity index (χ1) is 12.8. The maximum atomic E-state index is 13.8. The molecule has 0 radical (unpaired) electrons. The van der Waals surface area contributed by atoms with E-state index in [4.69, 9.17) is 14.3 Å². The van der Waals surface area contributed by atoms with E-state index in [1.54, 1.807) is 6.92 Å². The van der Waals surface area contributed by atoms with Crippen LogP contribution in [-0.4, -0.2) is 16.1 Å². The van der Waals surface area contributed by atoms with Gasteiger partial charge in [0.25, 0.3) is 5.56 Å². The zero-order chi connectivity index (χ0) is 19.7. The first kappa shape index (κ1) is 18.8. The summed E-state index contributed by atoms with van der Waals surface area (Å²) in [6.07, 6.45) is 0. The van der Waals surface area contributed by atoms with Crippen LogP contribution in [0.1, 0.15) is 21.8 Å². The van der Waals surface area contributed by atoms with Gasteiger partial charge in [-0.15, -0.1) is 0 Å². The van der Waals surface area contributed by atoms with Crippen LogP contribution in [0.25, 0.3) is 11.3 Å². The van der Waals surface area contributed by atoms with Gasteiger partial charge in [-0.05, 0) is 47.1 Å². The summed E-state index contributed by atoms with van der Waals surface area (Å²) in [6.45, 7) is 1.30. The molecule has 3 aromatic rings. The molecule has 0 atom stereocenters. The summed E-state index contributed by atoms with van der Waals surface area (Å²) in [5.41, 5.74) is 0.259. The third-order valence-corrected chi connectivity index (χ3v) is 4.47. The summed E-state index contributed by atoms with van der Waals surface area (Å²) < 4.78 is 37.8. The third-order valence-electron chi connectivity index (χ3n) is 3.75. The molecule has 2 N–H and O–H groups in total. The van der Waals surface area contributed by atoms with Crippen molar-refractivity contribution in [3.05, 3.63) is 73.8 Å². The molecule has 0 aliphatic carbocycles. The van der Waals surface area contributed by atoms with Crippen molar-refractivity contribution in [2.75, 3.05) is 0 Å². The minimum Gasteiger partial charge on any atom is -0.487 e. The number of aromatic carboxylic acids is 1. The Kier molecular flexibility index (Phi) is 5.13. The zero-order valence-electron chi connectivity index (χ0n) is 13.8. The number of rotatable bonds is 5. The van der Waals surface area contributed by atoms with Crippen molar-refractivity contribution in [3.8, 4) is 17.1 Å². The topological polar surface area (TPSA) is 92.5 Å². The Morgan fingerprint density at radius 2 is 2.04 bits per heavy atom. The van der Waals surface area contributed by atoms with Crippen LogP contribution in [0.2, 0.25) is 0 Å². The molecule has 0 bridgehead atoms. The second-order valence-electron chi connectivity index (χ2n) is 5.59. The molecule has 1 aromatic carbocycles. The lowest BCUT2D eigenvalue weighted by Gasteiger charge is -2.14. The number of hydrogen-bond donors (Lipinski definition) is 2. The van der Waals surface area contributed by atoms with E-state index in [0.717, 1.165) is 12.1 Å². The number of aromatic amines is 1. The predicted octanol–water partition coefficient (Wildman–Crippen LogP) is 4.26. The van der Waals surface area contributed by atoms with Crippen molar-refractivity contribution in [2.45, 2.75) is 13.5 Å². The van der Waals surface area contributed by atoms with E-state index in [1.807, 2.05) is 0 Å². The smallest absolute Gasteiger partial charge is 0.371 e. The Bertz CT molecular complexity index is 1090. The average molecular weight is 440 g/mol. The van der Waals surface area contributed by atoms with Crippen molar-refractivity contribution in [1.82, 2.24) is 4.98 Å². The summed E-state index contributed by atoms with van der Waals surface area (Å²) in [5, 5.41) is 9.02. The molecular formula is C18H12BrF2NO5. The monoisotopic (exact) mass is 439 g/mol. The number of pyridine rings is 1. The van der Waals surface area contributed by atoms with Gasteiger partial charge in [0, 0.05) is 17.3 Å². The molecule has 140 valence electrons. The molecule has 2 heterocycles. The second-order valence-corrected chi connectivity index (χ2v) is 6.38. The number of hydrogen-bond acceptors (Lipinski definition) is 4. The average Bonchev–Trinajstić information content (AvgIpc) is 3.08. The van der Waals surface area contributed by atoms with Gasteiger partial charge in [0.2, 0.25) is 5.76 Å². The maximum Gasteiger partial charge on any atom is 0.371 e. The van der Waals surface area contributed by atoms with Crippen LogP contribution in [0.5, 0.6) is 5.75 Å². The normalized spacial score (nSPS) is 10.8. The highest BCUT2D eigenvalue weighted by atomic mass is 79.9. The maximum absolute atomic E-state index is 13.8. The van der Waals surface area contributed by atoms with Gasteiger partial charge in [-0.25, -0.2) is 13.6 Å². The lowest BCUT2D eigenvalue weighted by molar-refractivity contribution is 0.0663. The van der Waals surface area contributed by atoms with Crippen molar-refractivity contribution in [1.29, 1.82) is 0 Å². The van der Waals surface area contributed by atoms with Gasteiger partial charge in [-0.2, -0.15) is 0 Å². The molecule has 6 nitrogen and oxygen atoms in total. The molecule has 2 aromatic heterocycles. The number of H-pyrrole nitrogens is 1. The molecule has 0 amide bonds. The molecular weight excluding hydrogens is 428 g/mol. The number of carbonyl (C=O) groups is 1. The van der Waals surface area contributed by atoms with Gasteiger partial charge in [0.05, 0.1) is 5.56 Å². The summed E-state index contributed by atoms with van der Waals surface area (Å²) >= 11 is 3.12. The number of carboxylic acid groups (broad SMARTS) is 1. The Labute approximate surface area is 159 Å². The molecule has 0 fully saturated rings. The van der Waals surface area contributed by atoms with Gasteiger partial charge >= 0.3 is 5.97 Å². The third kappa shape index (κ3) is 3.77. The quantitative estimate of drug-likeness (QED) is 0.619. The zero-order valence-corrected chi connectivity index (χ0v) is 15.4. The molecule has 0 aliphatic rings. The lowest BCUT2D eigenvalue weighted by atomic mass is 10.1. The minimum absolute atomic E-state index is 0.0268. The number of halogens is 3. The first-order valence-corrected chi connectivity index (χ1v) is 8.40. The molecule has 3 rings (SSSR count). The van der Waals surface area contributed by atoms with Crippen LogP contribution in [0.3, 0.4) is 0 Å². The van der Waals surface area contributed by atoms with Crippen molar-refractivity contribution < 1.29 is 27.8 Å². The lowest BCUT2D eigenvalue weighted by Crippen LogP contribution is -2.13. The van der Waals surface area contributed by atoms with Crippen molar-refractivity contribution >= 4 is 21.9 Å². The van der Waals surface area contributed by atoms with Crippen LogP contribution < -0.4 is 10.3 Å². The minimum atomic E-state index is -1.25. The highest BCUT2D eigenvalue weighted by molar-refractivity contribution is 9.10. The highest BCUT2D eigenvalue weighted by Gasteiger charge is 2.21. The van der Waals surface area contributed by atoms with E-state index < -0.39 is 23.2 Å². The number of carboxylic acids is 1. The first-order valence-electron chi connectivity index (χ1n) is 7.60. The predicted molar refractivity (Wildman–Crippen MR) is 94.9 cm³/mol. The molecule has 0 saturated heterocycles. The molecule has 0 aliphatic heterocycles. The standard InChI is InChI=1S/C18H12BrF2NO5/c1-8-14(12-4-5-13(27-12)18(24)25)16(15(19)17(23)22-8)26-7-9-2-3-10(20)6-11(9)21/h2-6H,7H2,1H3,(H,22,23)(H,24,25). The van der Waals surface area contributed by atoms with Crippen LogP contribution in [0.4, 0.5) is 8.78 Å². The van der Waals surface area contributed by atoms with E-state index in [9.17, 15) is 18.4 Å². The van der Waals surface area contributed by atoms with Crippen LogP contribution >= 0.6 is 15.9 Å². The number of aryl methyl sites for hydroxylation is 1. The van der Waals surface area contributed by atoms with E-state index >= 15 is 0 Å². The number of aromatic nitrogens is 1. The van der Waals surface area contributed by atoms with Crippen LogP contribution in [-0.2, 0) is 6.61 Å². The Morgan fingerprint density at radius 1 is 1.30 bits per heavy atom. The fraction of sp³-hybridized carbons (Fsp3) is 0.111. The van der Waals surface area contributed by atoms with E-state index in [2.05, 4.69) is 20.9 Å². The fourth-order valence-electron chi connectivity index (χ4n) is 2.48.